The summed E-state index contributed by atoms with van der Waals surface area (Å²) < 4.78 is 39.5. The number of hydrogen-bond donors (Lipinski definition) is 1. The lowest BCUT2D eigenvalue weighted by atomic mass is 9.96. The zero-order valence-electron chi connectivity index (χ0n) is 14.3. The smallest absolute Gasteiger partial charge is 0.365 e. The van der Waals surface area contributed by atoms with Gasteiger partial charge >= 0.3 is 6.18 Å². The molecule has 0 unspecified atom stereocenters. The quantitative estimate of drug-likeness (QED) is 0.478. The maximum absolute atomic E-state index is 13.2. The molecule has 0 radical (unpaired) electrons. The molecule has 0 aliphatic carbocycles. The maximum atomic E-state index is 13.2. The molecule has 0 spiro atoms. The third kappa shape index (κ3) is 3.72. The molecule has 0 saturated heterocycles. The van der Waals surface area contributed by atoms with E-state index in [1.54, 1.807) is 18.2 Å². The van der Waals surface area contributed by atoms with Crippen molar-refractivity contribution < 1.29 is 28.0 Å². The standard InChI is InChI=1S/C18H14F3N3O4/c19-18(20,21)16-10-17(26,13-6-8-14(9-7-13)24(27)28)23(22-16)11-15(25)12-4-2-1-3-5-12/h1-9,26H,10-11H2/t17-/m0/s1. The number of nitrogens with zero attached hydrogens (tertiary/aromatic N) is 3. The van der Waals surface area contributed by atoms with Gasteiger partial charge in [-0.1, -0.05) is 30.3 Å². The highest BCUT2D eigenvalue weighted by molar-refractivity contribution is 5.98. The van der Waals surface area contributed by atoms with Crippen LogP contribution in [0.1, 0.15) is 22.3 Å². The highest BCUT2D eigenvalue weighted by Gasteiger charge is 2.51. The van der Waals surface area contributed by atoms with E-state index in [4.69, 9.17) is 0 Å². The van der Waals surface area contributed by atoms with E-state index in [1.807, 2.05) is 0 Å². The monoisotopic (exact) mass is 393 g/mol. The van der Waals surface area contributed by atoms with Gasteiger partial charge in [-0.15, -0.1) is 0 Å². The Kier molecular flexibility index (Phi) is 4.90. The van der Waals surface area contributed by atoms with E-state index in [2.05, 4.69) is 5.10 Å². The summed E-state index contributed by atoms with van der Waals surface area (Å²) in [7, 11) is 0. The van der Waals surface area contributed by atoms with Gasteiger partial charge in [-0.25, -0.2) is 0 Å². The second-order valence-electron chi connectivity index (χ2n) is 6.19. The van der Waals surface area contributed by atoms with Crippen LogP contribution >= 0.6 is 0 Å². The van der Waals surface area contributed by atoms with Gasteiger partial charge in [0.1, 0.15) is 12.3 Å². The number of Topliss-reactive ketones (excluding diaryl/α,β-unsaturated/α-hetero) is 1. The number of rotatable bonds is 5. The first kappa shape index (κ1) is 19.5. The van der Waals surface area contributed by atoms with E-state index >= 15 is 0 Å². The minimum atomic E-state index is -4.79. The topological polar surface area (TPSA) is 96.0 Å². The number of aliphatic hydroxyl groups is 1. The number of halogens is 3. The predicted octanol–water partition coefficient (Wildman–Crippen LogP) is 3.25. The van der Waals surface area contributed by atoms with Crippen molar-refractivity contribution >= 4 is 17.2 Å². The van der Waals surface area contributed by atoms with Crippen molar-refractivity contribution in [2.45, 2.75) is 18.3 Å². The molecule has 0 saturated carbocycles. The summed E-state index contributed by atoms with van der Waals surface area (Å²) in [6.45, 7) is -0.600. The lowest BCUT2D eigenvalue weighted by Gasteiger charge is -2.32. The van der Waals surface area contributed by atoms with Crippen LogP contribution in [0.25, 0.3) is 0 Å². The average molecular weight is 393 g/mol. The van der Waals surface area contributed by atoms with Crippen LogP contribution in [0.15, 0.2) is 59.7 Å². The molecule has 146 valence electrons. The molecule has 0 amide bonds. The highest BCUT2D eigenvalue weighted by atomic mass is 19.4. The molecule has 0 bridgehead atoms. The summed E-state index contributed by atoms with van der Waals surface area (Å²) in [6, 6.07) is 12.3. The normalized spacial score (nSPS) is 19.4. The first-order valence-electron chi connectivity index (χ1n) is 8.09. The van der Waals surface area contributed by atoms with E-state index in [0.29, 0.717) is 5.01 Å². The van der Waals surface area contributed by atoms with E-state index in [0.717, 1.165) is 24.3 Å². The Morgan fingerprint density at radius 2 is 1.79 bits per heavy atom. The Balaban J connectivity index is 1.95. The van der Waals surface area contributed by atoms with Gasteiger partial charge in [0.15, 0.2) is 11.5 Å². The minimum absolute atomic E-state index is 0.0399. The minimum Gasteiger partial charge on any atom is -0.365 e. The lowest BCUT2D eigenvalue weighted by molar-refractivity contribution is -0.384. The van der Waals surface area contributed by atoms with Crippen molar-refractivity contribution in [1.82, 2.24) is 5.01 Å². The Bertz CT molecular complexity index is 929. The van der Waals surface area contributed by atoms with E-state index < -0.39 is 41.3 Å². The van der Waals surface area contributed by atoms with Crippen LogP contribution in [0.5, 0.6) is 0 Å². The van der Waals surface area contributed by atoms with Crippen LogP contribution in [-0.2, 0) is 5.72 Å². The van der Waals surface area contributed by atoms with Gasteiger partial charge in [-0.05, 0) is 12.1 Å². The molecular formula is C18H14F3N3O4. The van der Waals surface area contributed by atoms with Crippen LogP contribution in [0.3, 0.4) is 0 Å². The number of carbonyl (C=O) groups is 1. The fourth-order valence-corrected chi connectivity index (χ4v) is 2.86. The second-order valence-corrected chi connectivity index (χ2v) is 6.19. The van der Waals surface area contributed by atoms with Gasteiger partial charge in [-0.2, -0.15) is 18.3 Å². The molecule has 2 aromatic rings. The van der Waals surface area contributed by atoms with Crippen molar-refractivity contribution in [2.24, 2.45) is 5.10 Å². The molecule has 7 nitrogen and oxygen atoms in total. The van der Waals surface area contributed by atoms with Crippen LogP contribution in [0.2, 0.25) is 0 Å². The maximum Gasteiger partial charge on any atom is 0.431 e. The fourth-order valence-electron chi connectivity index (χ4n) is 2.86. The number of non-ortho nitro benzene ring substituents is 1. The number of nitro benzene ring substituents is 1. The van der Waals surface area contributed by atoms with Crippen molar-refractivity contribution in [1.29, 1.82) is 0 Å². The van der Waals surface area contributed by atoms with Crippen LogP contribution in [-0.4, -0.2) is 39.3 Å². The molecule has 3 rings (SSSR count). The van der Waals surface area contributed by atoms with Crippen LogP contribution < -0.4 is 0 Å². The van der Waals surface area contributed by atoms with Crippen LogP contribution in [0.4, 0.5) is 18.9 Å². The average Bonchev–Trinajstić information content (AvgIpc) is 3.00. The molecule has 28 heavy (non-hydrogen) atoms. The number of carbonyl (C=O) groups excluding carboxylic acids is 1. The third-order valence-corrected chi connectivity index (χ3v) is 4.34. The van der Waals surface area contributed by atoms with Gasteiger partial charge in [0.25, 0.3) is 5.69 Å². The van der Waals surface area contributed by atoms with Crippen molar-refractivity contribution in [3.05, 3.63) is 75.8 Å². The SMILES string of the molecule is O=C(CN1N=C(C(F)(F)F)C[C@]1(O)c1ccc([N+](=O)[O-])cc1)c1ccccc1. The summed E-state index contributed by atoms with van der Waals surface area (Å²) in [4.78, 5) is 22.5. The number of hydrogen-bond acceptors (Lipinski definition) is 6. The molecule has 1 atom stereocenters. The predicted molar refractivity (Wildman–Crippen MR) is 92.6 cm³/mol. The molecular weight excluding hydrogens is 379 g/mol. The summed E-state index contributed by atoms with van der Waals surface area (Å²) >= 11 is 0. The Morgan fingerprint density at radius 1 is 1.18 bits per heavy atom. The molecule has 2 aromatic carbocycles. The number of alkyl halides is 3. The van der Waals surface area contributed by atoms with Gasteiger partial charge in [0.05, 0.1) is 11.3 Å². The van der Waals surface area contributed by atoms with Crippen molar-refractivity contribution in [2.75, 3.05) is 6.54 Å². The number of ketones is 1. The third-order valence-electron chi connectivity index (χ3n) is 4.34. The Hall–Kier alpha value is -3.27. The molecule has 10 heteroatoms. The summed E-state index contributed by atoms with van der Waals surface area (Å²) in [5.41, 5.74) is -3.57. The summed E-state index contributed by atoms with van der Waals surface area (Å²) in [5, 5.41) is 25.9. The first-order valence-corrected chi connectivity index (χ1v) is 8.09. The molecule has 0 aromatic heterocycles. The molecule has 1 aliphatic rings. The number of nitro groups is 1. The van der Waals surface area contributed by atoms with Gasteiger partial charge in [-0.3, -0.25) is 19.9 Å². The van der Waals surface area contributed by atoms with Crippen molar-refractivity contribution in [3.8, 4) is 0 Å². The number of hydrazone groups is 1. The van der Waals surface area contributed by atoms with Gasteiger partial charge < -0.3 is 5.11 Å². The fraction of sp³-hybridized carbons (Fsp3) is 0.222. The zero-order valence-corrected chi connectivity index (χ0v) is 14.3. The molecule has 0 fully saturated rings. The zero-order chi connectivity index (χ0) is 20.5. The Labute approximate surface area is 156 Å². The molecule has 1 aliphatic heterocycles. The van der Waals surface area contributed by atoms with Gasteiger partial charge in [0, 0.05) is 23.3 Å². The van der Waals surface area contributed by atoms with Crippen molar-refractivity contribution in [3.63, 3.8) is 0 Å². The van der Waals surface area contributed by atoms with E-state index in [-0.39, 0.29) is 16.8 Å². The second kappa shape index (κ2) is 7.04. The molecule has 1 N–H and O–H groups in total. The first-order chi connectivity index (χ1) is 13.1. The number of benzene rings is 2. The Morgan fingerprint density at radius 3 is 2.32 bits per heavy atom. The summed E-state index contributed by atoms with van der Waals surface area (Å²) in [5.74, 6) is -0.534. The van der Waals surface area contributed by atoms with Gasteiger partial charge in [0.2, 0.25) is 0 Å². The van der Waals surface area contributed by atoms with E-state index in [1.165, 1.54) is 12.1 Å². The summed E-state index contributed by atoms with van der Waals surface area (Å²) in [6.07, 6.45) is -5.70. The molecule has 1 heterocycles. The van der Waals surface area contributed by atoms with Crippen LogP contribution in [0, 0.1) is 10.1 Å². The largest absolute Gasteiger partial charge is 0.431 e. The van der Waals surface area contributed by atoms with E-state index in [9.17, 15) is 33.2 Å². The lowest BCUT2D eigenvalue weighted by Crippen LogP contribution is -2.42. The highest BCUT2D eigenvalue weighted by Crippen LogP contribution is 2.40.